The molecule has 0 atom stereocenters. The zero-order chi connectivity index (χ0) is 9.14. The van der Waals surface area contributed by atoms with Crippen molar-refractivity contribution in [1.29, 1.82) is 0 Å². The summed E-state index contributed by atoms with van der Waals surface area (Å²) in [5.41, 5.74) is 1.37. The van der Waals surface area contributed by atoms with Crippen LogP contribution >= 0.6 is 15.9 Å². The molecule has 1 fully saturated rings. The topological polar surface area (TPSA) is 17.1 Å². The molecule has 1 saturated carbocycles. The van der Waals surface area contributed by atoms with Crippen LogP contribution in [-0.4, -0.2) is 5.78 Å². The predicted octanol–water partition coefficient (Wildman–Crippen LogP) is 3.21. The molecule has 0 bridgehead atoms. The van der Waals surface area contributed by atoms with Crippen LogP contribution in [0, 0.1) is 5.92 Å². The second-order valence-corrected chi connectivity index (χ2v) is 4.22. The van der Waals surface area contributed by atoms with Gasteiger partial charge in [-0.15, -0.1) is 0 Å². The summed E-state index contributed by atoms with van der Waals surface area (Å²) in [5.74, 6) is 0.861. The third-order valence-electron chi connectivity index (χ3n) is 1.93. The van der Waals surface area contributed by atoms with Crippen molar-refractivity contribution in [2.45, 2.75) is 26.7 Å². The summed E-state index contributed by atoms with van der Waals surface area (Å²) < 4.78 is 0.888. The number of carbonyl (C=O) groups excluding carboxylic acids is 1. The summed E-state index contributed by atoms with van der Waals surface area (Å²) in [6, 6.07) is 0. The van der Waals surface area contributed by atoms with E-state index in [0.717, 1.165) is 10.4 Å². The molecule has 66 valence electrons. The molecule has 0 aromatic carbocycles. The number of allylic oxidation sites excluding steroid dienone is 4. The molecule has 0 saturated heterocycles. The van der Waals surface area contributed by atoms with E-state index >= 15 is 0 Å². The SMILES string of the molecule is CC(=O)/C=C(Br)\C=C(\C)C1CC1. The zero-order valence-corrected chi connectivity index (χ0v) is 9.02. The van der Waals surface area contributed by atoms with Crippen molar-refractivity contribution in [3.63, 3.8) is 0 Å². The van der Waals surface area contributed by atoms with Crippen molar-refractivity contribution >= 4 is 21.7 Å². The van der Waals surface area contributed by atoms with Crippen LogP contribution in [0.5, 0.6) is 0 Å². The van der Waals surface area contributed by atoms with E-state index < -0.39 is 0 Å². The Kier molecular flexibility index (Phi) is 3.27. The Morgan fingerprint density at radius 2 is 1.92 bits per heavy atom. The third-order valence-corrected chi connectivity index (χ3v) is 2.39. The summed E-state index contributed by atoms with van der Waals surface area (Å²) >= 11 is 3.34. The maximum Gasteiger partial charge on any atom is 0.153 e. The van der Waals surface area contributed by atoms with Crippen molar-refractivity contribution in [2.75, 3.05) is 0 Å². The van der Waals surface area contributed by atoms with Gasteiger partial charge in [0.05, 0.1) is 0 Å². The fourth-order valence-corrected chi connectivity index (χ4v) is 1.79. The first-order valence-corrected chi connectivity index (χ1v) is 4.95. The Hall–Kier alpha value is -0.370. The lowest BCUT2D eigenvalue weighted by molar-refractivity contribution is -0.112. The first-order valence-electron chi connectivity index (χ1n) is 4.15. The molecule has 0 heterocycles. The summed E-state index contributed by atoms with van der Waals surface area (Å²) in [6.07, 6.45) is 6.26. The van der Waals surface area contributed by atoms with Gasteiger partial charge in [0.25, 0.3) is 0 Å². The Labute approximate surface area is 81.7 Å². The van der Waals surface area contributed by atoms with Crippen molar-refractivity contribution < 1.29 is 4.79 Å². The van der Waals surface area contributed by atoms with Gasteiger partial charge in [-0.1, -0.05) is 21.5 Å². The van der Waals surface area contributed by atoms with E-state index in [1.54, 1.807) is 13.0 Å². The van der Waals surface area contributed by atoms with E-state index in [1.165, 1.54) is 18.4 Å². The van der Waals surface area contributed by atoms with Crippen molar-refractivity contribution in [3.8, 4) is 0 Å². The summed E-state index contributed by atoms with van der Waals surface area (Å²) in [6.45, 7) is 3.68. The number of rotatable bonds is 3. The van der Waals surface area contributed by atoms with Gasteiger partial charge in [-0.3, -0.25) is 4.79 Å². The highest BCUT2D eigenvalue weighted by Crippen LogP contribution is 2.36. The molecule has 1 nitrogen and oxygen atoms in total. The number of halogens is 1. The maximum atomic E-state index is 10.7. The largest absolute Gasteiger partial charge is 0.295 e. The van der Waals surface area contributed by atoms with Crippen LogP contribution in [0.1, 0.15) is 26.7 Å². The third kappa shape index (κ3) is 3.35. The van der Waals surface area contributed by atoms with Crippen LogP contribution in [0.4, 0.5) is 0 Å². The van der Waals surface area contributed by atoms with Gasteiger partial charge in [-0.2, -0.15) is 0 Å². The summed E-state index contributed by atoms with van der Waals surface area (Å²) in [7, 11) is 0. The van der Waals surface area contributed by atoms with Crippen molar-refractivity contribution in [1.82, 2.24) is 0 Å². The Balaban J connectivity index is 2.58. The highest BCUT2D eigenvalue weighted by molar-refractivity contribution is 9.11. The second kappa shape index (κ2) is 4.04. The predicted molar refractivity (Wildman–Crippen MR) is 54.2 cm³/mol. The molecule has 0 unspecified atom stereocenters. The van der Waals surface area contributed by atoms with Gasteiger partial charge in [0.2, 0.25) is 0 Å². The van der Waals surface area contributed by atoms with Crippen LogP contribution in [0.3, 0.4) is 0 Å². The molecule has 0 radical (unpaired) electrons. The van der Waals surface area contributed by atoms with E-state index in [1.807, 2.05) is 6.08 Å². The minimum atomic E-state index is 0.0849. The molecule has 1 aliphatic rings. The highest BCUT2D eigenvalue weighted by atomic mass is 79.9. The fourth-order valence-electron chi connectivity index (χ4n) is 1.11. The van der Waals surface area contributed by atoms with E-state index in [-0.39, 0.29) is 5.78 Å². The molecule has 0 aliphatic heterocycles. The van der Waals surface area contributed by atoms with E-state index in [4.69, 9.17) is 0 Å². The molecular weight excluding hydrogens is 216 g/mol. The van der Waals surface area contributed by atoms with Crippen molar-refractivity contribution in [3.05, 3.63) is 22.2 Å². The smallest absolute Gasteiger partial charge is 0.153 e. The van der Waals surface area contributed by atoms with Gasteiger partial charge in [-0.25, -0.2) is 0 Å². The number of hydrogen-bond donors (Lipinski definition) is 0. The first kappa shape index (κ1) is 9.72. The number of carbonyl (C=O) groups is 1. The van der Waals surface area contributed by atoms with Gasteiger partial charge < -0.3 is 0 Å². The molecule has 1 aliphatic carbocycles. The van der Waals surface area contributed by atoms with E-state index in [2.05, 4.69) is 22.9 Å². The van der Waals surface area contributed by atoms with Crippen LogP contribution in [0.25, 0.3) is 0 Å². The molecule has 1 rings (SSSR count). The zero-order valence-electron chi connectivity index (χ0n) is 7.43. The summed E-state index contributed by atoms with van der Waals surface area (Å²) in [4.78, 5) is 10.7. The number of hydrogen-bond acceptors (Lipinski definition) is 1. The van der Waals surface area contributed by atoms with Crippen LogP contribution < -0.4 is 0 Å². The van der Waals surface area contributed by atoms with Gasteiger partial charge in [0.15, 0.2) is 5.78 Å². The quantitative estimate of drug-likeness (QED) is 0.536. The lowest BCUT2D eigenvalue weighted by Gasteiger charge is -1.95. The molecule has 0 amide bonds. The van der Waals surface area contributed by atoms with Gasteiger partial charge >= 0.3 is 0 Å². The van der Waals surface area contributed by atoms with Gasteiger partial charge in [0.1, 0.15) is 0 Å². The van der Waals surface area contributed by atoms with Crippen molar-refractivity contribution in [2.24, 2.45) is 5.92 Å². The summed E-state index contributed by atoms with van der Waals surface area (Å²) in [5, 5.41) is 0. The molecule has 2 heteroatoms. The molecular formula is C10H13BrO. The van der Waals surface area contributed by atoms with E-state index in [9.17, 15) is 4.79 Å². The standard InChI is InChI=1S/C10H13BrO/c1-7(9-3-4-9)5-10(11)6-8(2)12/h5-6,9H,3-4H2,1-2H3/b7-5-,10-6+. The van der Waals surface area contributed by atoms with Crippen LogP contribution in [-0.2, 0) is 4.79 Å². The first-order chi connectivity index (χ1) is 5.59. The Morgan fingerprint density at radius 1 is 1.33 bits per heavy atom. The van der Waals surface area contributed by atoms with E-state index in [0.29, 0.717) is 0 Å². The minimum Gasteiger partial charge on any atom is -0.295 e. The van der Waals surface area contributed by atoms with Gasteiger partial charge in [-0.05, 0) is 44.8 Å². The van der Waals surface area contributed by atoms with Crippen LogP contribution in [0.15, 0.2) is 22.2 Å². The molecule has 0 aromatic heterocycles. The fraction of sp³-hybridized carbons (Fsp3) is 0.500. The Bertz CT molecular complexity index is 247. The minimum absolute atomic E-state index is 0.0849. The molecule has 0 aromatic rings. The average molecular weight is 229 g/mol. The van der Waals surface area contributed by atoms with Gasteiger partial charge in [0, 0.05) is 4.48 Å². The average Bonchev–Trinajstić information content (AvgIpc) is 2.63. The lowest BCUT2D eigenvalue weighted by Crippen LogP contribution is -1.83. The Morgan fingerprint density at radius 3 is 2.33 bits per heavy atom. The second-order valence-electron chi connectivity index (χ2n) is 3.30. The number of ketones is 1. The monoisotopic (exact) mass is 228 g/mol. The molecule has 0 N–H and O–H groups in total. The van der Waals surface area contributed by atoms with Crippen LogP contribution in [0.2, 0.25) is 0 Å². The lowest BCUT2D eigenvalue weighted by atomic mass is 10.2. The molecule has 0 spiro atoms. The maximum absolute atomic E-state index is 10.7. The molecule has 12 heavy (non-hydrogen) atoms. The highest BCUT2D eigenvalue weighted by Gasteiger charge is 2.22. The normalized spacial score (nSPS) is 19.6.